The maximum absolute atomic E-state index is 5.39. The Morgan fingerprint density at radius 3 is 2.79 bits per heavy atom. The van der Waals surface area contributed by atoms with E-state index >= 15 is 0 Å². The lowest BCUT2D eigenvalue weighted by molar-refractivity contribution is 0.411. The molecule has 3 rings (SSSR count). The molecule has 0 aliphatic rings. The first-order valence-corrected chi connectivity index (χ1v) is 9.21. The summed E-state index contributed by atoms with van der Waals surface area (Å²) in [5, 5.41) is 6.69. The second kappa shape index (κ2) is 9.55. The zero-order valence-corrected chi connectivity index (χ0v) is 16.5. The van der Waals surface area contributed by atoms with Crippen LogP contribution in [0.4, 0.5) is 0 Å². The van der Waals surface area contributed by atoms with Crippen LogP contribution in [0.2, 0.25) is 0 Å². The molecule has 0 unspecified atom stereocenters. The van der Waals surface area contributed by atoms with Crippen molar-refractivity contribution in [2.75, 3.05) is 20.7 Å². The summed E-state index contributed by atoms with van der Waals surface area (Å²) < 4.78 is 7.27. The van der Waals surface area contributed by atoms with Crippen molar-refractivity contribution in [3.05, 3.63) is 71.9 Å². The Labute approximate surface area is 165 Å². The van der Waals surface area contributed by atoms with Gasteiger partial charge in [0.2, 0.25) is 0 Å². The predicted molar refractivity (Wildman–Crippen MR) is 111 cm³/mol. The molecule has 7 nitrogen and oxygen atoms in total. The lowest BCUT2D eigenvalue weighted by atomic mass is 10.1. The van der Waals surface area contributed by atoms with Gasteiger partial charge in [0, 0.05) is 38.7 Å². The van der Waals surface area contributed by atoms with Gasteiger partial charge in [-0.1, -0.05) is 12.1 Å². The number of aromatic nitrogens is 3. The van der Waals surface area contributed by atoms with E-state index in [2.05, 4.69) is 43.8 Å². The van der Waals surface area contributed by atoms with Gasteiger partial charge in [0.05, 0.1) is 7.11 Å². The molecule has 2 N–H and O–H groups in total. The average Bonchev–Trinajstić information content (AvgIpc) is 3.27. The summed E-state index contributed by atoms with van der Waals surface area (Å²) in [7, 11) is 3.47. The maximum atomic E-state index is 5.39. The molecule has 0 saturated heterocycles. The normalized spacial score (nSPS) is 11.3. The number of aliphatic imine (C=N–C) groups is 1. The monoisotopic (exact) mass is 378 g/mol. The lowest BCUT2D eigenvalue weighted by Crippen LogP contribution is -2.37. The second-order valence-electron chi connectivity index (χ2n) is 6.40. The van der Waals surface area contributed by atoms with E-state index in [1.165, 1.54) is 5.56 Å². The number of pyridine rings is 1. The summed E-state index contributed by atoms with van der Waals surface area (Å²) >= 11 is 0. The van der Waals surface area contributed by atoms with Crippen molar-refractivity contribution in [2.45, 2.75) is 19.9 Å². The first-order valence-electron chi connectivity index (χ1n) is 9.21. The topological polar surface area (TPSA) is 76.4 Å². The van der Waals surface area contributed by atoms with Gasteiger partial charge >= 0.3 is 0 Å². The number of benzene rings is 1. The standard InChI is InChI=1S/C21H26N6O/c1-16-4-5-17(12-19(16)28-3)6-9-25-21(22-2)26-14-18-7-8-24-20(13-18)27-11-10-23-15-27/h4-5,7-8,10-13,15H,6,9,14H2,1-3H3,(H2,22,25,26). The van der Waals surface area contributed by atoms with Gasteiger partial charge in [-0.25, -0.2) is 9.97 Å². The Balaban J connectivity index is 1.51. The summed E-state index contributed by atoms with van der Waals surface area (Å²) in [5.74, 6) is 2.53. The molecule has 0 spiro atoms. The average molecular weight is 378 g/mol. The van der Waals surface area contributed by atoms with E-state index < -0.39 is 0 Å². The summed E-state index contributed by atoms with van der Waals surface area (Å²) in [5.41, 5.74) is 3.48. The molecule has 7 heteroatoms. The second-order valence-corrected chi connectivity index (χ2v) is 6.40. The third-order valence-electron chi connectivity index (χ3n) is 4.44. The molecular formula is C21H26N6O. The molecule has 2 heterocycles. The predicted octanol–water partition coefficient (Wildman–Crippen LogP) is 2.49. The van der Waals surface area contributed by atoms with Crippen LogP contribution in [0.15, 0.2) is 60.2 Å². The van der Waals surface area contributed by atoms with E-state index in [1.54, 1.807) is 32.9 Å². The van der Waals surface area contributed by atoms with Crippen molar-refractivity contribution in [1.29, 1.82) is 0 Å². The third-order valence-corrected chi connectivity index (χ3v) is 4.44. The first kappa shape index (κ1) is 19.4. The van der Waals surface area contributed by atoms with E-state index in [0.29, 0.717) is 6.54 Å². The van der Waals surface area contributed by atoms with Crippen LogP contribution >= 0.6 is 0 Å². The van der Waals surface area contributed by atoms with E-state index in [0.717, 1.165) is 41.6 Å². The van der Waals surface area contributed by atoms with Crippen molar-refractivity contribution in [1.82, 2.24) is 25.2 Å². The molecule has 0 fully saturated rings. The molecule has 0 aliphatic heterocycles. The Hall–Kier alpha value is -3.35. The molecule has 3 aromatic rings. The summed E-state index contributed by atoms with van der Waals surface area (Å²) in [6.07, 6.45) is 8.03. The van der Waals surface area contributed by atoms with E-state index in [1.807, 2.05) is 29.8 Å². The summed E-state index contributed by atoms with van der Waals surface area (Å²) in [6, 6.07) is 10.3. The zero-order valence-electron chi connectivity index (χ0n) is 16.5. The smallest absolute Gasteiger partial charge is 0.191 e. The van der Waals surface area contributed by atoms with Gasteiger partial charge < -0.3 is 15.4 Å². The van der Waals surface area contributed by atoms with Crippen molar-refractivity contribution in [3.63, 3.8) is 0 Å². The Morgan fingerprint density at radius 2 is 2.04 bits per heavy atom. The van der Waals surface area contributed by atoms with Gasteiger partial charge in [0.1, 0.15) is 17.9 Å². The molecule has 146 valence electrons. The fourth-order valence-corrected chi connectivity index (χ4v) is 2.86. The number of methoxy groups -OCH3 is 1. The van der Waals surface area contributed by atoms with Crippen LogP contribution in [0, 0.1) is 6.92 Å². The minimum Gasteiger partial charge on any atom is -0.496 e. The van der Waals surface area contributed by atoms with Gasteiger partial charge in [-0.15, -0.1) is 0 Å². The first-order chi connectivity index (χ1) is 13.7. The summed E-state index contributed by atoms with van der Waals surface area (Å²) in [4.78, 5) is 12.7. The minimum atomic E-state index is 0.655. The third kappa shape index (κ3) is 5.09. The fraction of sp³-hybridized carbons (Fsp3) is 0.286. The lowest BCUT2D eigenvalue weighted by Gasteiger charge is -2.13. The Morgan fingerprint density at radius 1 is 1.14 bits per heavy atom. The number of aryl methyl sites for hydroxylation is 1. The Bertz CT molecular complexity index is 920. The van der Waals surface area contributed by atoms with Crippen LogP contribution in [0.25, 0.3) is 5.82 Å². The number of nitrogens with zero attached hydrogens (tertiary/aromatic N) is 4. The maximum Gasteiger partial charge on any atom is 0.191 e. The number of rotatable bonds is 7. The number of imidazole rings is 1. The molecular weight excluding hydrogens is 352 g/mol. The van der Waals surface area contributed by atoms with Crippen LogP contribution in [-0.2, 0) is 13.0 Å². The summed E-state index contributed by atoms with van der Waals surface area (Å²) in [6.45, 7) is 3.48. The number of hydrogen-bond acceptors (Lipinski definition) is 4. The molecule has 0 atom stereocenters. The quantitative estimate of drug-likeness (QED) is 0.488. The van der Waals surface area contributed by atoms with Gasteiger partial charge in [-0.2, -0.15) is 0 Å². The van der Waals surface area contributed by atoms with Crippen molar-refractivity contribution in [3.8, 4) is 11.6 Å². The van der Waals surface area contributed by atoms with Gasteiger partial charge in [-0.3, -0.25) is 9.56 Å². The molecule has 0 saturated carbocycles. The van der Waals surface area contributed by atoms with Crippen LogP contribution in [0.5, 0.6) is 5.75 Å². The van der Waals surface area contributed by atoms with E-state index in [4.69, 9.17) is 4.74 Å². The van der Waals surface area contributed by atoms with Crippen LogP contribution < -0.4 is 15.4 Å². The van der Waals surface area contributed by atoms with E-state index in [-0.39, 0.29) is 0 Å². The van der Waals surface area contributed by atoms with Crippen molar-refractivity contribution < 1.29 is 4.74 Å². The molecule has 0 aliphatic carbocycles. The SMILES string of the molecule is CN=C(NCCc1ccc(C)c(OC)c1)NCc1ccnc(-n2ccnc2)c1. The Kier molecular flexibility index (Phi) is 6.62. The largest absolute Gasteiger partial charge is 0.496 e. The minimum absolute atomic E-state index is 0.655. The molecule has 0 bridgehead atoms. The van der Waals surface area contributed by atoms with Gasteiger partial charge in [-0.05, 0) is 48.2 Å². The van der Waals surface area contributed by atoms with Crippen LogP contribution in [0.3, 0.4) is 0 Å². The fourth-order valence-electron chi connectivity index (χ4n) is 2.86. The molecule has 2 aromatic heterocycles. The highest BCUT2D eigenvalue weighted by atomic mass is 16.5. The number of guanidine groups is 1. The molecule has 28 heavy (non-hydrogen) atoms. The molecule has 1 aromatic carbocycles. The number of ether oxygens (including phenoxy) is 1. The van der Waals surface area contributed by atoms with Gasteiger partial charge in [0.15, 0.2) is 5.96 Å². The highest BCUT2D eigenvalue weighted by Gasteiger charge is 2.03. The number of hydrogen-bond donors (Lipinski definition) is 2. The van der Waals surface area contributed by atoms with Crippen molar-refractivity contribution >= 4 is 5.96 Å². The molecule has 0 amide bonds. The highest BCUT2D eigenvalue weighted by Crippen LogP contribution is 2.19. The van der Waals surface area contributed by atoms with Crippen LogP contribution in [-0.4, -0.2) is 41.2 Å². The zero-order chi connectivity index (χ0) is 19.8. The number of nitrogens with one attached hydrogen (secondary N) is 2. The van der Waals surface area contributed by atoms with E-state index in [9.17, 15) is 0 Å². The van der Waals surface area contributed by atoms with Gasteiger partial charge in [0.25, 0.3) is 0 Å². The highest BCUT2D eigenvalue weighted by molar-refractivity contribution is 5.79. The van der Waals surface area contributed by atoms with Crippen molar-refractivity contribution in [2.24, 2.45) is 4.99 Å². The molecule has 0 radical (unpaired) electrons. The van der Waals surface area contributed by atoms with Crippen LogP contribution in [0.1, 0.15) is 16.7 Å².